The maximum Gasteiger partial charge on any atom is 0.287 e. The lowest BCUT2D eigenvalue weighted by molar-refractivity contribution is -0.0847. The number of ether oxygens (including phenoxy) is 4. The Labute approximate surface area is 234 Å². The molecule has 2 saturated heterocycles. The largest absolute Gasteiger partial charge is 0.497 e. The molecule has 0 unspecified atom stereocenters. The van der Waals surface area contributed by atoms with Gasteiger partial charge in [0.05, 0.1) is 57.6 Å². The van der Waals surface area contributed by atoms with Crippen LogP contribution in [0.5, 0.6) is 5.75 Å². The van der Waals surface area contributed by atoms with E-state index in [4.69, 9.17) is 30.5 Å². The lowest BCUT2D eigenvalue weighted by Crippen LogP contribution is -2.46. The highest BCUT2D eigenvalue weighted by molar-refractivity contribution is 6.32. The summed E-state index contributed by atoms with van der Waals surface area (Å²) in [6.45, 7) is 5.07. The van der Waals surface area contributed by atoms with Gasteiger partial charge in [0, 0.05) is 37.3 Å². The van der Waals surface area contributed by atoms with Gasteiger partial charge in [-0.25, -0.2) is 4.68 Å². The van der Waals surface area contributed by atoms with Crippen molar-refractivity contribution in [2.24, 2.45) is 17.8 Å². The molecule has 4 aliphatic rings. The molecule has 4 fully saturated rings. The number of rotatable bonds is 9. The van der Waals surface area contributed by atoms with E-state index in [1.165, 1.54) is 6.42 Å². The van der Waals surface area contributed by atoms with Crippen molar-refractivity contribution in [3.63, 3.8) is 0 Å². The molecule has 1 aromatic carbocycles. The van der Waals surface area contributed by atoms with Crippen molar-refractivity contribution in [1.29, 1.82) is 0 Å². The zero-order valence-electron chi connectivity index (χ0n) is 22.6. The molecule has 2 saturated carbocycles. The van der Waals surface area contributed by atoms with Crippen molar-refractivity contribution >= 4 is 23.0 Å². The average molecular weight is 559 g/mol. The predicted molar refractivity (Wildman–Crippen MR) is 150 cm³/mol. The monoisotopic (exact) mass is 558 g/mol. The molecular formula is C29H39ClN4O5. The van der Waals surface area contributed by atoms with E-state index in [1.807, 2.05) is 12.1 Å². The molecule has 0 amide bonds. The van der Waals surface area contributed by atoms with E-state index in [0.29, 0.717) is 43.4 Å². The number of benzene rings is 1. The number of nitrogens with one attached hydrogen (secondary N) is 1. The summed E-state index contributed by atoms with van der Waals surface area (Å²) in [5, 5.41) is 8.16. The average Bonchev–Trinajstić information content (AvgIpc) is 3.78. The van der Waals surface area contributed by atoms with Gasteiger partial charge in [-0.3, -0.25) is 4.79 Å². The number of fused-ring (bicyclic) bond motifs is 1. The standard InChI is InChI=1S/C29H39ClN4O5/c1-36-24-8-6-22(7-9-24)33(15-25-18-37-10-11-39-25)21-2-4-23(5-3-21)34-29(35)28(30)27(14-32-34)31-13-20-17-38-16-19-12-26(19)20/h6-9,14,19-21,23,25-26,31H,2-5,10-13,15-18H2,1H3/t19-,20+,21?,23?,25-,26-/m0/s1. The topological polar surface area (TPSA) is 87.1 Å². The molecule has 1 N–H and O–H groups in total. The zero-order chi connectivity index (χ0) is 26.8. The lowest BCUT2D eigenvalue weighted by atomic mass is 9.89. The Bertz CT molecular complexity index is 1160. The molecule has 2 aliphatic heterocycles. The Morgan fingerprint density at radius 1 is 1.10 bits per heavy atom. The molecule has 0 bridgehead atoms. The smallest absolute Gasteiger partial charge is 0.287 e. The number of anilines is 2. The minimum atomic E-state index is -0.214. The highest BCUT2D eigenvalue weighted by Crippen LogP contribution is 2.47. The Morgan fingerprint density at radius 2 is 1.92 bits per heavy atom. The Hall–Kier alpha value is -2.33. The summed E-state index contributed by atoms with van der Waals surface area (Å²) < 4.78 is 24.3. The van der Waals surface area contributed by atoms with Crippen LogP contribution in [0.25, 0.3) is 0 Å². The molecule has 0 spiro atoms. The fourth-order valence-electron chi connectivity index (χ4n) is 6.53. The molecule has 1 aromatic heterocycles. The van der Waals surface area contributed by atoms with E-state index in [9.17, 15) is 4.79 Å². The van der Waals surface area contributed by atoms with E-state index in [1.54, 1.807) is 18.0 Å². The Kier molecular flexibility index (Phi) is 8.30. The second kappa shape index (κ2) is 12.0. The molecular weight excluding hydrogens is 520 g/mol. The van der Waals surface area contributed by atoms with Gasteiger partial charge >= 0.3 is 0 Å². The van der Waals surface area contributed by atoms with Gasteiger partial charge in [-0.2, -0.15) is 5.10 Å². The van der Waals surface area contributed by atoms with Crippen LogP contribution in [0.2, 0.25) is 5.02 Å². The lowest BCUT2D eigenvalue weighted by Gasteiger charge is -2.40. The number of hydrogen-bond acceptors (Lipinski definition) is 8. The zero-order valence-corrected chi connectivity index (χ0v) is 23.4. The van der Waals surface area contributed by atoms with Crippen molar-refractivity contribution in [3.8, 4) is 5.75 Å². The van der Waals surface area contributed by atoms with E-state index < -0.39 is 0 Å². The second-order valence-corrected chi connectivity index (χ2v) is 11.7. The van der Waals surface area contributed by atoms with Gasteiger partial charge in [0.2, 0.25) is 0 Å². The summed E-state index contributed by atoms with van der Waals surface area (Å²) >= 11 is 6.56. The van der Waals surface area contributed by atoms with Crippen LogP contribution >= 0.6 is 11.6 Å². The fourth-order valence-corrected chi connectivity index (χ4v) is 6.73. The van der Waals surface area contributed by atoms with Gasteiger partial charge in [0.15, 0.2) is 0 Å². The van der Waals surface area contributed by atoms with Crippen LogP contribution < -0.4 is 20.5 Å². The molecule has 39 heavy (non-hydrogen) atoms. The number of halogens is 1. The second-order valence-electron chi connectivity index (χ2n) is 11.3. The fraction of sp³-hybridized carbons (Fsp3) is 0.655. The summed E-state index contributed by atoms with van der Waals surface area (Å²) in [7, 11) is 1.68. The van der Waals surface area contributed by atoms with Gasteiger partial charge in [-0.15, -0.1) is 0 Å². The maximum atomic E-state index is 13.2. The summed E-state index contributed by atoms with van der Waals surface area (Å²) in [5.41, 5.74) is 1.55. The van der Waals surface area contributed by atoms with Crippen LogP contribution in [0, 0.1) is 17.8 Å². The minimum absolute atomic E-state index is 0.0336. The van der Waals surface area contributed by atoms with Crippen molar-refractivity contribution in [1.82, 2.24) is 9.78 Å². The van der Waals surface area contributed by atoms with Gasteiger partial charge in [0.1, 0.15) is 10.8 Å². The van der Waals surface area contributed by atoms with Crippen LogP contribution in [0.15, 0.2) is 35.3 Å². The first-order chi connectivity index (χ1) is 19.1. The molecule has 9 nitrogen and oxygen atoms in total. The highest BCUT2D eigenvalue weighted by Gasteiger charge is 2.45. The summed E-state index contributed by atoms with van der Waals surface area (Å²) in [6, 6.07) is 8.57. The van der Waals surface area contributed by atoms with Crippen LogP contribution in [0.4, 0.5) is 11.4 Å². The first-order valence-corrected chi connectivity index (χ1v) is 14.7. The van der Waals surface area contributed by atoms with Gasteiger partial charge in [0.25, 0.3) is 5.56 Å². The molecule has 3 heterocycles. The highest BCUT2D eigenvalue weighted by atomic mass is 35.5. The molecule has 6 rings (SSSR count). The summed E-state index contributed by atoms with van der Waals surface area (Å²) in [5.74, 6) is 2.76. The number of methoxy groups -OCH3 is 1. The Balaban J connectivity index is 1.10. The van der Waals surface area contributed by atoms with Crippen LogP contribution in [0.1, 0.15) is 38.1 Å². The van der Waals surface area contributed by atoms with Gasteiger partial charge < -0.3 is 29.2 Å². The molecule has 212 valence electrons. The van der Waals surface area contributed by atoms with Crippen molar-refractivity contribution in [2.45, 2.75) is 50.3 Å². The molecule has 2 aromatic rings. The summed E-state index contributed by atoms with van der Waals surface area (Å²) in [6.07, 6.45) is 6.61. The third-order valence-electron chi connectivity index (χ3n) is 8.89. The van der Waals surface area contributed by atoms with Crippen molar-refractivity contribution < 1.29 is 18.9 Å². The normalized spacial score (nSPS) is 30.3. The first-order valence-electron chi connectivity index (χ1n) is 14.3. The number of hydrogen-bond donors (Lipinski definition) is 1. The third-order valence-corrected chi connectivity index (χ3v) is 9.25. The first kappa shape index (κ1) is 26.9. The van der Waals surface area contributed by atoms with E-state index in [-0.39, 0.29) is 22.7 Å². The number of aromatic nitrogens is 2. The van der Waals surface area contributed by atoms with E-state index in [0.717, 1.165) is 69.3 Å². The minimum Gasteiger partial charge on any atom is -0.497 e. The van der Waals surface area contributed by atoms with Crippen LogP contribution in [-0.2, 0) is 14.2 Å². The molecule has 2 aliphatic carbocycles. The van der Waals surface area contributed by atoms with Crippen molar-refractivity contribution in [2.75, 3.05) is 63.5 Å². The quantitative estimate of drug-likeness (QED) is 0.494. The van der Waals surface area contributed by atoms with Gasteiger partial charge in [-0.1, -0.05) is 11.6 Å². The van der Waals surface area contributed by atoms with E-state index >= 15 is 0 Å². The summed E-state index contributed by atoms with van der Waals surface area (Å²) in [4.78, 5) is 15.7. The van der Waals surface area contributed by atoms with Gasteiger partial charge in [-0.05, 0) is 68.2 Å². The Morgan fingerprint density at radius 3 is 2.67 bits per heavy atom. The van der Waals surface area contributed by atoms with Crippen LogP contribution in [-0.4, -0.2) is 75.2 Å². The molecule has 10 heteroatoms. The number of nitrogens with zero attached hydrogens (tertiary/aromatic N) is 3. The third kappa shape index (κ3) is 6.06. The molecule has 0 radical (unpaired) electrons. The molecule has 4 atom stereocenters. The SMILES string of the molecule is COc1ccc(N(C[C@H]2COCCO2)C2CCC(n3ncc(NC[C@@H]4COC[C@@H]5C[C@H]45)c(Cl)c3=O)CC2)cc1. The predicted octanol–water partition coefficient (Wildman–Crippen LogP) is 4.01. The van der Waals surface area contributed by atoms with Crippen LogP contribution in [0.3, 0.4) is 0 Å². The van der Waals surface area contributed by atoms with E-state index in [2.05, 4.69) is 27.4 Å². The maximum absolute atomic E-state index is 13.2. The van der Waals surface area contributed by atoms with Crippen molar-refractivity contribution in [3.05, 3.63) is 45.8 Å².